The topological polar surface area (TPSA) is 46.2 Å². The minimum atomic E-state index is -0.0807. The van der Waals surface area contributed by atoms with Crippen molar-refractivity contribution < 1.29 is 5.11 Å². The van der Waals surface area contributed by atoms with Crippen LogP contribution in [0.5, 0.6) is 5.75 Å². The molecule has 1 rings (SSSR count). The fourth-order valence-electron chi connectivity index (χ4n) is 1.55. The minimum absolute atomic E-state index is 0.0807. The van der Waals surface area contributed by atoms with Crippen LogP contribution in [0.25, 0.3) is 0 Å². The van der Waals surface area contributed by atoms with E-state index in [1.807, 2.05) is 12.1 Å². The molecule has 14 heavy (non-hydrogen) atoms. The molecule has 0 aliphatic carbocycles. The molecular formula is C11H16BrNO. The molecule has 0 bridgehead atoms. The Morgan fingerprint density at radius 2 is 2.07 bits per heavy atom. The van der Waals surface area contributed by atoms with Crippen molar-refractivity contribution in [3.63, 3.8) is 0 Å². The summed E-state index contributed by atoms with van der Waals surface area (Å²) < 4.78 is 0.982. The lowest BCUT2D eigenvalue weighted by Crippen LogP contribution is -2.21. The van der Waals surface area contributed by atoms with Gasteiger partial charge in [0.1, 0.15) is 5.75 Å². The molecule has 1 aromatic carbocycles. The Kier molecular flexibility index (Phi) is 3.56. The summed E-state index contributed by atoms with van der Waals surface area (Å²) in [6, 6.07) is 5.49. The fourth-order valence-corrected chi connectivity index (χ4v) is 1.91. The number of aromatic hydroxyl groups is 1. The average Bonchev–Trinajstić information content (AvgIpc) is 2.09. The smallest absolute Gasteiger partial charge is 0.119 e. The van der Waals surface area contributed by atoms with Crippen molar-refractivity contribution in [2.75, 3.05) is 6.54 Å². The van der Waals surface area contributed by atoms with Crippen LogP contribution in [0.15, 0.2) is 22.7 Å². The summed E-state index contributed by atoms with van der Waals surface area (Å²) in [5.41, 5.74) is 6.41. The fraction of sp³-hybridized carbons (Fsp3) is 0.455. The molecule has 0 atom stereocenters. The highest BCUT2D eigenvalue weighted by Gasteiger charge is 2.22. The highest BCUT2D eigenvalue weighted by atomic mass is 79.9. The number of phenols is 1. The van der Waals surface area contributed by atoms with Crippen molar-refractivity contribution in [1.29, 1.82) is 0 Å². The van der Waals surface area contributed by atoms with E-state index in [4.69, 9.17) is 5.73 Å². The summed E-state index contributed by atoms with van der Waals surface area (Å²) in [7, 11) is 0. The first-order chi connectivity index (χ1) is 6.47. The van der Waals surface area contributed by atoms with Crippen LogP contribution >= 0.6 is 15.9 Å². The number of benzene rings is 1. The van der Waals surface area contributed by atoms with Gasteiger partial charge in [0.05, 0.1) is 0 Å². The van der Waals surface area contributed by atoms with Gasteiger partial charge >= 0.3 is 0 Å². The van der Waals surface area contributed by atoms with Crippen LogP contribution in [0, 0.1) is 0 Å². The quantitative estimate of drug-likeness (QED) is 0.875. The number of rotatable bonds is 3. The second-order valence-corrected chi connectivity index (χ2v) is 5.00. The predicted octanol–water partition coefficient (Wildman–Crippen LogP) is 2.78. The van der Waals surface area contributed by atoms with Gasteiger partial charge in [-0.25, -0.2) is 0 Å². The third-order valence-corrected chi connectivity index (χ3v) is 2.95. The van der Waals surface area contributed by atoms with Gasteiger partial charge in [0.15, 0.2) is 0 Å². The van der Waals surface area contributed by atoms with E-state index in [1.165, 1.54) is 0 Å². The Morgan fingerprint density at radius 1 is 1.43 bits per heavy atom. The first kappa shape index (κ1) is 11.5. The second-order valence-electron chi connectivity index (χ2n) is 4.08. The van der Waals surface area contributed by atoms with E-state index in [-0.39, 0.29) is 5.41 Å². The first-order valence-corrected chi connectivity index (χ1v) is 5.46. The second kappa shape index (κ2) is 4.32. The van der Waals surface area contributed by atoms with E-state index < -0.39 is 0 Å². The van der Waals surface area contributed by atoms with Gasteiger partial charge in [0.2, 0.25) is 0 Å². The number of hydrogen-bond acceptors (Lipinski definition) is 2. The van der Waals surface area contributed by atoms with Crippen LogP contribution in [-0.4, -0.2) is 11.7 Å². The molecule has 2 nitrogen and oxygen atoms in total. The number of hydrogen-bond donors (Lipinski definition) is 2. The molecule has 0 spiro atoms. The molecule has 0 radical (unpaired) electrons. The van der Waals surface area contributed by atoms with Gasteiger partial charge in [-0.3, -0.25) is 0 Å². The molecule has 0 saturated carbocycles. The summed E-state index contributed by atoms with van der Waals surface area (Å²) in [5, 5.41) is 9.74. The van der Waals surface area contributed by atoms with Gasteiger partial charge in [-0.1, -0.05) is 29.8 Å². The summed E-state index contributed by atoms with van der Waals surface area (Å²) in [6.45, 7) is 4.79. The van der Waals surface area contributed by atoms with Crippen molar-refractivity contribution in [3.8, 4) is 5.75 Å². The highest BCUT2D eigenvalue weighted by molar-refractivity contribution is 9.10. The Bertz CT molecular complexity index is 323. The normalized spacial score (nSPS) is 11.7. The van der Waals surface area contributed by atoms with Crippen LogP contribution < -0.4 is 5.73 Å². The van der Waals surface area contributed by atoms with Gasteiger partial charge in [-0.05, 0) is 36.6 Å². The summed E-state index contributed by atoms with van der Waals surface area (Å²) >= 11 is 3.40. The molecule has 3 N–H and O–H groups in total. The molecule has 0 aliphatic rings. The maximum Gasteiger partial charge on any atom is 0.119 e. The largest absolute Gasteiger partial charge is 0.508 e. The minimum Gasteiger partial charge on any atom is -0.508 e. The van der Waals surface area contributed by atoms with Crippen molar-refractivity contribution in [2.45, 2.75) is 25.7 Å². The predicted molar refractivity (Wildman–Crippen MR) is 62.5 cm³/mol. The van der Waals surface area contributed by atoms with E-state index >= 15 is 0 Å². The zero-order valence-corrected chi connectivity index (χ0v) is 10.1. The number of halogens is 1. The molecule has 0 aromatic heterocycles. The molecule has 3 heteroatoms. The third kappa shape index (κ3) is 2.49. The standard InChI is InChI=1S/C11H16BrNO/c1-11(2,5-6-13)9-7-8(12)3-4-10(9)14/h3-4,7,14H,5-6,13H2,1-2H3. The van der Waals surface area contributed by atoms with E-state index in [0.717, 1.165) is 16.5 Å². The van der Waals surface area contributed by atoms with E-state index in [9.17, 15) is 5.11 Å². The Balaban J connectivity index is 3.10. The molecular weight excluding hydrogens is 242 g/mol. The van der Waals surface area contributed by atoms with Crippen LogP contribution in [0.1, 0.15) is 25.8 Å². The van der Waals surface area contributed by atoms with Gasteiger partial charge in [-0.15, -0.1) is 0 Å². The summed E-state index contributed by atoms with van der Waals surface area (Å²) in [6.07, 6.45) is 0.858. The lowest BCUT2D eigenvalue weighted by atomic mass is 9.81. The molecule has 0 unspecified atom stereocenters. The lowest BCUT2D eigenvalue weighted by Gasteiger charge is -2.25. The van der Waals surface area contributed by atoms with Gasteiger partial charge in [-0.2, -0.15) is 0 Å². The van der Waals surface area contributed by atoms with Crippen LogP contribution in [-0.2, 0) is 5.41 Å². The lowest BCUT2D eigenvalue weighted by molar-refractivity contribution is 0.423. The molecule has 0 saturated heterocycles. The average molecular weight is 258 g/mol. The van der Waals surface area contributed by atoms with E-state index in [0.29, 0.717) is 12.3 Å². The monoisotopic (exact) mass is 257 g/mol. The van der Waals surface area contributed by atoms with Crippen LogP contribution in [0.3, 0.4) is 0 Å². The maximum absolute atomic E-state index is 9.74. The zero-order chi connectivity index (χ0) is 10.8. The van der Waals surface area contributed by atoms with E-state index in [2.05, 4.69) is 29.8 Å². The van der Waals surface area contributed by atoms with Crippen molar-refractivity contribution in [3.05, 3.63) is 28.2 Å². The molecule has 1 aromatic rings. The molecule has 0 heterocycles. The Labute approximate surface area is 93.3 Å². The summed E-state index contributed by atoms with van der Waals surface area (Å²) in [4.78, 5) is 0. The highest BCUT2D eigenvalue weighted by Crippen LogP contribution is 2.35. The van der Waals surface area contributed by atoms with Crippen LogP contribution in [0.4, 0.5) is 0 Å². The number of phenolic OH excluding ortho intramolecular Hbond substituents is 1. The SMILES string of the molecule is CC(C)(CCN)c1cc(Br)ccc1O. The van der Waals surface area contributed by atoms with Gasteiger partial charge in [0, 0.05) is 10.0 Å². The first-order valence-electron chi connectivity index (χ1n) is 4.66. The molecule has 78 valence electrons. The zero-order valence-electron chi connectivity index (χ0n) is 8.55. The third-order valence-electron chi connectivity index (χ3n) is 2.46. The molecule has 0 aliphatic heterocycles. The molecule has 0 amide bonds. The van der Waals surface area contributed by atoms with Crippen LogP contribution in [0.2, 0.25) is 0 Å². The van der Waals surface area contributed by atoms with E-state index in [1.54, 1.807) is 6.07 Å². The Morgan fingerprint density at radius 3 is 2.64 bits per heavy atom. The van der Waals surface area contributed by atoms with Crippen molar-refractivity contribution in [2.24, 2.45) is 5.73 Å². The number of nitrogens with two attached hydrogens (primary N) is 1. The van der Waals surface area contributed by atoms with Crippen molar-refractivity contribution in [1.82, 2.24) is 0 Å². The molecule has 0 fully saturated rings. The van der Waals surface area contributed by atoms with Crippen molar-refractivity contribution >= 4 is 15.9 Å². The summed E-state index contributed by atoms with van der Waals surface area (Å²) in [5.74, 6) is 0.339. The van der Waals surface area contributed by atoms with Gasteiger partial charge < -0.3 is 10.8 Å². The Hall–Kier alpha value is -0.540. The maximum atomic E-state index is 9.74. The van der Waals surface area contributed by atoms with Gasteiger partial charge in [0.25, 0.3) is 0 Å².